The van der Waals surface area contributed by atoms with Gasteiger partial charge in [-0.2, -0.15) is 5.26 Å². The third kappa shape index (κ3) is 3.42. The first-order chi connectivity index (χ1) is 9.20. The molecule has 1 aromatic heterocycles. The van der Waals surface area contributed by atoms with E-state index in [9.17, 15) is 4.79 Å². The predicted octanol–water partition coefficient (Wildman–Crippen LogP) is 0.335. The molecule has 1 amide bonds. The summed E-state index contributed by atoms with van der Waals surface area (Å²) in [6, 6.07) is 5.47. The third-order valence-corrected chi connectivity index (χ3v) is 3.20. The van der Waals surface area contributed by atoms with Crippen molar-refractivity contribution in [3.63, 3.8) is 0 Å². The molecule has 2 heterocycles. The van der Waals surface area contributed by atoms with Gasteiger partial charge in [0.1, 0.15) is 5.69 Å². The number of nitriles is 1. The largest absolute Gasteiger partial charge is 0.397 e. The number of nitrogens with two attached hydrogens (primary N) is 1. The van der Waals surface area contributed by atoms with E-state index in [0.29, 0.717) is 30.9 Å². The van der Waals surface area contributed by atoms with Gasteiger partial charge in [-0.1, -0.05) is 0 Å². The average Bonchev–Trinajstić information content (AvgIpc) is 2.46. The van der Waals surface area contributed by atoms with E-state index in [-0.39, 0.29) is 5.91 Å². The Balaban J connectivity index is 1.89. The Morgan fingerprint density at radius 2 is 2.11 bits per heavy atom. The first-order valence-electron chi connectivity index (χ1n) is 6.31. The lowest BCUT2D eigenvalue weighted by molar-refractivity contribution is 0.0634. The zero-order valence-corrected chi connectivity index (χ0v) is 10.7. The maximum absolute atomic E-state index is 12.2. The number of amides is 1. The molecule has 0 saturated carbocycles. The first kappa shape index (κ1) is 13.3. The number of nitrogens with zero attached hydrogens (tertiary/aromatic N) is 4. The molecule has 0 aliphatic carbocycles. The number of pyridine rings is 1. The van der Waals surface area contributed by atoms with Crippen LogP contribution in [0.5, 0.6) is 0 Å². The monoisotopic (exact) mass is 259 g/mol. The molecule has 0 radical (unpaired) electrons. The fourth-order valence-electron chi connectivity index (χ4n) is 2.08. The number of anilines is 1. The average molecular weight is 259 g/mol. The first-order valence-corrected chi connectivity index (χ1v) is 6.31. The van der Waals surface area contributed by atoms with E-state index in [2.05, 4.69) is 16.0 Å². The summed E-state index contributed by atoms with van der Waals surface area (Å²) in [6.07, 6.45) is 2.03. The second kappa shape index (κ2) is 6.16. The van der Waals surface area contributed by atoms with Gasteiger partial charge in [-0.25, -0.2) is 4.98 Å². The number of carbonyl (C=O) groups excluding carboxylic acids is 1. The standard InChI is InChI=1S/C13H17N5O/c14-4-1-5-17-6-8-18(9-7-17)13(19)12-3-2-11(15)10-16-12/h2-3,10H,1,5-9,15H2. The molecule has 19 heavy (non-hydrogen) atoms. The fourth-order valence-corrected chi connectivity index (χ4v) is 2.08. The minimum absolute atomic E-state index is 0.0556. The number of rotatable bonds is 3. The highest BCUT2D eigenvalue weighted by Gasteiger charge is 2.22. The van der Waals surface area contributed by atoms with Gasteiger partial charge in [0.05, 0.1) is 18.0 Å². The molecule has 1 saturated heterocycles. The molecule has 0 unspecified atom stereocenters. The third-order valence-electron chi connectivity index (χ3n) is 3.20. The molecule has 1 aromatic rings. The molecule has 0 spiro atoms. The quantitative estimate of drug-likeness (QED) is 0.845. The molecule has 0 bridgehead atoms. The van der Waals surface area contributed by atoms with Crippen molar-refractivity contribution in [2.75, 3.05) is 38.5 Å². The van der Waals surface area contributed by atoms with Crippen molar-refractivity contribution >= 4 is 11.6 Å². The lowest BCUT2D eigenvalue weighted by Gasteiger charge is -2.34. The summed E-state index contributed by atoms with van der Waals surface area (Å²) in [5.74, 6) is -0.0556. The van der Waals surface area contributed by atoms with Gasteiger partial charge in [0.25, 0.3) is 5.91 Å². The molecule has 1 fully saturated rings. The van der Waals surface area contributed by atoms with Crippen molar-refractivity contribution in [3.05, 3.63) is 24.0 Å². The van der Waals surface area contributed by atoms with Crippen LogP contribution < -0.4 is 5.73 Å². The highest BCUT2D eigenvalue weighted by atomic mass is 16.2. The van der Waals surface area contributed by atoms with E-state index in [1.165, 1.54) is 6.20 Å². The van der Waals surface area contributed by atoms with E-state index < -0.39 is 0 Å². The van der Waals surface area contributed by atoms with Crippen molar-refractivity contribution in [1.82, 2.24) is 14.8 Å². The molecule has 0 atom stereocenters. The number of carbonyl (C=O) groups is 1. The van der Waals surface area contributed by atoms with E-state index >= 15 is 0 Å². The lowest BCUT2D eigenvalue weighted by Crippen LogP contribution is -2.48. The Hall–Kier alpha value is -2.13. The van der Waals surface area contributed by atoms with Crippen molar-refractivity contribution in [2.45, 2.75) is 6.42 Å². The van der Waals surface area contributed by atoms with Crippen molar-refractivity contribution in [1.29, 1.82) is 5.26 Å². The van der Waals surface area contributed by atoms with Crippen LogP contribution in [-0.2, 0) is 0 Å². The van der Waals surface area contributed by atoms with Gasteiger partial charge >= 0.3 is 0 Å². The van der Waals surface area contributed by atoms with Crippen molar-refractivity contribution < 1.29 is 4.79 Å². The number of aromatic nitrogens is 1. The molecule has 2 rings (SSSR count). The highest BCUT2D eigenvalue weighted by Crippen LogP contribution is 2.08. The van der Waals surface area contributed by atoms with Gasteiger partial charge in [-0.15, -0.1) is 0 Å². The molecule has 6 nitrogen and oxygen atoms in total. The Bertz CT molecular complexity index is 471. The zero-order chi connectivity index (χ0) is 13.7. The summed E-state index contributed by atoms with van der Waals surface area (Å²) in [4.78, 5) is 20.2. The summed E-state index contributed by atoms with van der Waals surface area (Å²) < 4.78 is 0. The lowest BCUT2D eigenvalue weighted by atomic mass is 10.2. The summed E-state index contributed by atoms with van der Waals surface area (Å²) in [5, 5.41) is 8.55. The van der Waals surface area contributed by atoms with E-state index in [4.69, 9.17) is 11.0 Å². The van der Waals surface area contributed by atoms with Gasteiger partial charge in [-0.3, -0.25) is 9.69 Å². The maximum Gasteiger partial charge on any atom is 0.272 e. The van der Waals surface area contributed by atoms with Crippen LogP contribution in [0, 0.1) is 11.3 Å². The Kier molecular flexibility index (Phi) is 4.31. The molecular formula is C13H17N5O. The van der Waals surface area contributed by atoms with Gasteiger partial charge in [0, 0.05) is 39.1 Å². The van der Waals surface area contributed by atoms with Gasteiger partial charge in [0.2, 0.25) is 0 Å². The summed E-state index contributed by atoms with van der Waals surface area (Å²) in [5.41, 5.74) is 6.53. The van der Waals surface area contributed by atoms with Crippen LogP contribution in [0.4, 0.5) is 5.69 Å². The van der Waals surface area contributed by atoms with Crippen LogP contribution in [0.25, 0.3) is 0 Å². The minimum Gasteiger partial charge on any atom is -0.397 e. The van der Waals surface area contributed by atoms with E-state index in [0.717, 1.165) is 19.6 Å². The molecule has 1 aliphatic heterocycles. The molecule has 2 N–H and O–H groups in total. The summed E-state index contributed by atoms with van der Waals surface area (Å²) >= 11 is 0. The van der Waals surface area contributed by atoms with Crippen LogP contribution in [0.15, 0.2) is 18.3 Å². The SMILES string of the molecule is N#CCCN1CCN(C(=O)c2ccc(N)cn2)CC1. The Labute approximate surface area is 112 Å². The highest BCUT2D eigenvalue weighted by molar-refractivity contribution is 5.92. The van der Waals surface area contributed by atoms with E-state index in [1.807, 2.05) is 0 Å². The molecule has 100 valence electrons. The second-order valence-corrected chi connectivity index (χ2v) is 4.52. The Morgan fingerprint density at radius 3 is 2.68 bits per heavy atom. The fraction of sp³-hybridized carbons (Fsp3) is 0.462. The number of hydrogen-bond donors (Lipinski definition) is 1. The van der Waals surface area contributed by atoms with Gasteiger partial charge < -0.3 is 10.6 Å². The minimum atomic E-state index is -0.0556. The van der Waals surface area contributed by atoms with Crippen molar-refractivity contribution in [3.8, 4) is 6.07 Å². The van der Waals surface area contributed by atoms with Crippen molar-refractivity contribution in [2.24, 2.45) is 0 Å². The normalized spacial score (nSPS) is 16.1. The van der Waals surface area contributed by atoms with Crippen LogP contribution >= 0.6 is 0 Å². The second-order valence-electron chi connectivity index (χ2n) is 4.52. The summed E-state index contributed by atoms with van der Waals surface area (Å²) in [7, 11) is 0. The predicted molar refractivity (Wildman–Crippen MR) is 71.2 cm³/mol. The van der Waals surface area contributed by atoms with Crippen LogP contribution in [0.3, 0.4) is 0 Å². The summed E-state index contributed by atoms with van der Waals surface area (Å²) in [6.45, 7) is 3.75. The Morgan fingerprint density at radius 1 is 1.37 bits per heavy atom. The van der Waals surface area contributed by atoms with Crippen LogP contribution in [-0.4, -0.2) is 53.4 Å². The zero-order valence-electron chi connectivity index (χ0n) is 10.7. The maximum atomic E-state index is 12.2. The van der Waals surface area contributed by atoms with E-state index in [1.54, 1.807) is 17.0 Å². The molecule has 1 aliphatic rings. The van der Waals surface area contributed by atoms with Crippen LogP contribution in [0.1, 0.15) is 16.9 Å². The van der Waals surface area contributed by atoms with Gasteiger partial charge in [-0.05, 0) is 12.1 Å². The van der Waals surface area contributed by atoms with Gasteiger partial charge in [0.15, 0.2) is 0 Å². The number of hydrogen-bond acceptors (Lipinski definition) is 5. The topological polar surface area (TPSA) is 86.2 Å². The number of nitrogen functional groups attached to an aromatic ring is 1. The molecular weight excluding hydrogens is 242 g/mol. The van der Waals surface area contributed by atoms with Crippen LogP contribution in [0.2, 0.25) is 0 Å². The number of piperazine rings is 1. The smallest absolute Gasteiger partial charge is 0.272 e. The molecule has 0 aromatic carbocycles. The molecule has 6 heteroatoms.